The molecule has 1 saturated heterocycles. The minimum atomic E-state index is -3.58. The van der Waals surface area contributed by atoms with Gasteiger partial charge in [-0.3, -0.25) is 4.98 Å². The van der Waals surface area contributed by atoms with E-state index in [9.17, 15) is 8.42 Å². The number of fused-ring (bicyclic) bond motifs is 1. The Morgan fingerprint density at radius 1 is 0.938 bits per heavy atom. The molecule has 1 aliphatic rings. The van der Waals surface area contributed by atoms with Gasteiger partial charge in [-0.2, -0.15) is 4.31 Å². The van der Waals surface area contributed by atoms with Gasteiger partial charge in [-0.1, -0.05) is 60.2 Å². The Labute approximate surface area is 188 Å². The van der Waals surface area contributed by atoms with Crippen molar-refractivity contribution in [1.82, 2.24) is 9.29 Å². The number of sulfonamides is 1. The van der Waals surface area contributed by atoms with Crippen LogP contribution in [0.1, 0.15) is 12.0 Å². The summed E-state index contributed by atoms with van der Waals surface area (Å²) in [5, 5.41) is 1.00. The summed E-state index contributed by atoms with van der Waals surface area (Å²) >= 11 is 0. The Bertz CT molecular complexity index is 1360. The second-order valence-electron chi connectivity index (χ2n) is 8.12. The van der Waals surface area contributed by atoms with Crippen molar-refractivity contribution in [3.63, 3.8) is 0 Å². The average molecular weight is 445 g/mol. The van der Waals surface area contributed by atoms with Crippen molar-refractivity contribution in [1.29, 1.82) is 0 Å². The molecule has 4 aromatic rings. The molecule has 162 valence electrons. The third-order valence-electron chi connectivity index (χ3n) is 5.84. The van der Waals surface area contributed by atoms with Gasteiger partial charge in [0.15, 0.2) is 0 Å². The normalized spacial score (nSPS) is 17.0. The highest BCUT2D eigenvalue weighted by atomic mass is 32.2. The third-order valence-corrected chi connectivity index (χ3v) is 7.72. The first kappa shape index (κ1) is 20.7. The minimum absolute atomic E-state index is 0.205. The SMILES string of the molecule is Cc1cccc(-c2ccc(S(=O)(=O)N3CCC(Oc4cccc5cccnc45)C3)cc2)c1. The second kappa shape index (κ2) is 8.37. The molecule has 0 spiro atoms. The molecule has 32 heavy (non-hydrogen) atoms. The molecule has 0 bridgehead atoms. The van der Waals surface area contributed by atoms with Crippen molar-refractivity contribution in [3.05, 3.63) is 90.6 Å². The van der Waals surface area contributed by atoms with Crippen LogP contribution in [0.5, 0.6) is 5.75 Å². The first-order chi connectivity index (χ1) is 15.5. The monoisotopic (exact) mass is 444 g/mol. The fourth-order valence-corrected chi connectivity index (χ4v) is 5.64. The van der Waals surface area contributed by atoms with Gasteiger partial charge in [-0.05, 0) is 48.7 Å². The minimum Gasteiger partial charge on any atom is -0.487 e. The van der Waals surface area contributed by atoms with E-state index in [-0.39, 0.29) is 6.10 Å². The Hall–Kier alpha value is -3.22. The van der Waals surface area contributed by atoms with Gasteiger partial charge in [0, 0.05) is 18.1 Å². The first-order valence-corrected chi connectivity index (χ1v) is 12.1. The van der Waals surface area contributed by atoms with E-state index in [1.165, 1.54) is 9.87 Å². The Kier molecular flexibility index (Phi) is 5.41. The van der Waals surface area contributed by atoms with Crippen LogP contribution in [0.25, 0.3) is 22.0 Å². The molecule has 1 atom stereocenters. The summed E-state index contributed by atoms with van der Waals surface area (Å²) in [6.07, 6.45) is 2.18. The molecule has 6 heteroatoms. The van der Waals surface area contributed by atoms with E-state index in [0.29, 0.717) is 30.2 Å². The van der Waals surface area contributed by atoms with Crippen molar-refractivity contribution in [2.75, 3.05) is 13.1 Å². The fraction of sp³-hybridized carbons (Fsp3) is 0.192. The van der Waals surface area contributed by atoms with E-state index in [4.69, 9.17) is 4.74 Å². The van der Waals surface area contributed by atoms with E-state index in [1.807, 2.05) is 67.6 Å². The number of ether oxygens (including phenoxy) is 1. The van der Waals surface area contributed by atoms with E-state index in [1.54, 1.807) is 18.3 Å². The van der Waals surface area contributed by atoms with Gasteiger partial charge in [0.1, 0.15) is 17.4 Å². The first-order valence-electron chi connectivity index (χ1n) is 10.7. The summed E-state index contributed by atoms with van der Waals surface area (Å²) in [7, 11) is -3.58. The molecule has 1 aromatic heterocycles. The Morgan fingerprint density at radius 2 is 1.72 bits per heavy atom. The van der Waals surface area contributed by atoms with Crippen LogP contribution in [0, 0.1) is 6.92 Å². The van der Waals surface area contributed by atoms with Crippen LogP contribution in [-0.2, 0) is 10.0 Å². The number of aromatic nitrogens is 1. The zero-order valence-electron chi connectivity index (χ0n) is 17.8. The van der Waals surface area contributed by atoms with Crippen molar-refractivity contribution in [3.8, 4) is 16.9 Å². The topological polar surface area (TPSA) is 59.5 Å². The summed E-state index contributed by atoms with van der Waals surface area (Å²) in [4.78, 5) is 4.73. The van der Waals surface area contributed by atoms with Crippen molar-refractivity contribution in [2.45, 2.75) is 24.3 Å². The van der Waals surface area contributed by atoms with E-state index < -0.39 is 10.0 Å². The van der Waals surface area contributed by atoms with E-state index in [2.05, 4.69) is 11.1 Å². The standard InChI is InChI=1S/C26H24N2O3S/c1-19-5-2-7-22(17-19)20-10-12-24(13-11-20)32(29,30)28-16-14-23(18-28)31-25-9-3-6-21-8-4-15-27-26(21)25/h2-13,15,17,23H,14,16,18H2,1H3. The molecule has 0 aliphatic carbocycles. The summed E-state index contributed by atoms with van der Waals surface area (Å²) in [6, 6.07) is 25.0. The molecule has 1 fully saturated rings. The van der Waals surface area contributed by atoms with E-state index >= 15 is 0 Å². The van der Waals surface area contributed by atoms with Crippen LogP contribution in [0.2, 0.25) is 0 Å². The number of benzene rings is 3. The van der Waals surface area contributed by atoms with Crippen LogP contribution in [0.15, 0.2) is 90.0 Å². The van der Waals surface area contributed by atoms with Crippen LogP contribution in [0.4, 0.5) is 0 Å². The molecule has 0 saturated carbocycles. The molecule has 1 aliphatic heterocycles. The molecule has 2 heterocycles. The number of para-hydroxylation sites is 1. The van der Waals surface area contributed by atoms with Crippen molar-refractivity contribution in [2.24, 2.45) is 0 Å². The molecule has 1 unspecified atom stereocenters. The second-order valence-corrected chi connectivity index (χ2v) is 10.1. The maximum absolute atomic E-state index is 13.2. The lowest BCUT2D eigenvalue weighted by atomic mass is 10.0. The molecule has 0 amide bonds. The maximum atomic E-state index is 13.2. The predicted octanol–water partition coefficient (Wildman–Crippen LogP) is 5.05. The molecular weight excluding hydrogens is 420 g/mol. The number of aryl methyl sites for hydroxylation is 1. The molecule has 0 N–H and O–H groups in total. The lowest BCUT2D eigenvalue weighted by Crippen LogP contribution is -2.31. The Balaban J connectivity index is 1.32. The summed E-state index contributed by atoms with van der Waals surface area (Å²) in [5.41, 5.74) is 4.04. The van der Waals surface area contributed by atoms with Crippen LogP contribution >= 0.6 is 0 Å². The number of nitrogens with zero attached hydrogens (tertiary/aromatic N) is 2. The molecule has 5 nitrogen and oxygen atoms in total. The molecule has 5 rings (SSSR count). The van der Waals surface area contributed by atoms with Crippen molar-refractivity contribution >= 4 is 20.9 Å². The zero-order chi connectivity index (χ0) is 22.1. The highest BCUT2D eigenvalue weighted by Crippen LogP contribution is 2.29. The van der Waals surface area contributed by atoms with Gasteiger partial charge in [0.2, 0.25) is 10.0 Å². The number of rotatable bonds is 5. The highest BCUT2D eigenvalue weighted by molar-refractivity contribution is 7.89. The molecular formula is C26H24N2O3S. The van der Waals surface area contributed by atoms with Crippen LogP contribution < -0.4 is 4.74 Å². The summed E-state index contributed by atoms with van der Waals surface area (Å²) in [5.74, 6) is 0.690. The number of hydrogen-bond donors (Lipinski definition) is 0. The van der Waals surface area contributed by atoms with E-state index in [0.717, 1.165) is 22.0 Å². The van der Waals surface area contributed by atoms with Crippen LogP contribution in [-0.4, -0.2) is 36.9 Å². The quantitative estimate of drug-likeness (QED) is 0.432. The summed E-state index contributed by atoms with van der Waals surface area (Å²) in [6.45, 7) is 2.80. The average Bonchev–Trinajstić information content (AvgIpc) is 3.29. The predicted molar refractivity (Wildman–Crippen MR) is 126 cm³/mol. The third kappa shape index (κ3) is 3.99. The highest BCUT2D eigenvalue weighted by Gasteiger charge is 2.34. The lowest BCUT2D eigenvalue weighted by molar-refractivity contribution is 0.218. The lowest BCUT2D eigenvalue weighted by Gasteiger charge is -2.18. The smallest absolute Gasteiger partial charge is 0.243 e. The van der Waals surface area contributed by atoms with Crippen LogP contribution in [0.3, 0.4) is 0 Å². The number of pyridine rings is 1. The molecule has 3 aromatic carbocycles. The maximum Gasteiger partial charge on any atom is 0.243 e. The Morgan fingerprint density at radius 3 is 2.53 bits per heavy atom. The summed E-state index contributed by atoms with van der Waals surface area (Å²) < 4.78 is 34.1. The van der Waals surface area contributed by atoms with Crippen molar-refractivity contribution < 1.29 is 13.2 Å². The van der Waals surface area contributed by atoms with Gasteiger partial charge in [-0.15, -0.1) is 0 Å². The van der Waals surface area contributed by atoms with Gasteiger partial charge in [-0.25, -0.2) is 8.42 Å². The zero-order valence-corrected chi connectivity index (χ0v) is 18.6. The number of hydrogen-bond acceptors (Lipinski definition) is 4. The van der Waals surface area contributed by atoms with Gasteiger partial charge in [0.05, 0.1) is 11.4 Å². The van der Waals surface area contributed by atoms with Gasteiger partial charge in [0.25, 0.3) is 0 Å². The fourth-order valence-electron chi connectivity index (χ4n) is 4.16. The largest absolute Gasteiger partial charge is 0.487 e. The molecule has 0 radical (unpaired) electrons. The van der Waals surface area contributed by atoms with Gasteiger partial charge < -0.3 is 4.74 Å². The van der Waals surface area contributed by atoms with Gasteiger partial charge >= 0.3 is 0 Å².